The minimum absolute atomic E-state index is 0.170. The molecule has 2 aliphatic heterocycles. The van der Waals surface area contributed by atoms with Crippen LogP contribution in [0.5, 0.6) is 11.6 Å². The number of ether oxygens (including phenoxy) is 5. The molecule has 0 spiro atoms. The van der Waals surface area contributed by atoms with Gasteiger partial charge in [-0.3, -0.25) is 9.58 Å². The smallest absolute Gasteiger partial charge is 0.257 e. The molecule has 3 fully saturated rings. The van der Waals surface area contributed by atoms with Crippen LogP contribution < -0.4 is 14.8 Å². The second-order valence-electron chi connectivity index (χ2n) is 13.2. The highest BCUT2D eigenvalue weighted by molar-refractivity contribution is 6.32. The van der Waals surface area contributed by atoms with E-state index in [0.717, 1.165) is 50.0 Å². The van der Waals surface area contributed by atoms with Gasteiger partial charge in [0.15, 0.2) is 0 Å². The molecular formula is C35H46ClN9O5. The van der Waals surface area contributed by atoms with Crippen molar-refractivity contribution >= 4 is 23.2 Å². The molecule has 1 N–H and O–H groups in total. The lowest BCUT2D eigenvalue weighted by Gasteiger charge is -2.43. The molecule has 5 heterocycles. The van der Waals surface area contributed by atoms with Crippen molar-refractivity contribution in [3.63, 3.8) is 0 Å². The van der Waals surface area contributed by atoms with E-state index in [1.807, 2.05) is 31.3 Å². The minimum atomic E-state index is -0.170. The molecule has 50 heavy (non-hydrogen) atoms. The lowest BCUT2D eigenvalue weighted by atomic mass is 9.89. The quantitative estimate of drug-likeness (QED) is 0.154. The molecular weight excluding hydrogens is 662 g/mol. The topological polar surface area (TPSA) is 136 Å². The van der Waals surface area contributed by atoms with Crippen LogP contribution in [0.25, 0.3) is 11.1 Å². The summed E-state index contributed by atoms with van der Waals surface area (Å²) in [6.45, 7) is 6.10. The molecule has 1 saturated carbocycles. The molecule has 14 nitrogen and oxygen atoms in total. The third kappa shape index (κ3) is 8.37. The summed E-state index contributed by atoms with van der Waals surface area (Å²) in [5.74, 6) is 1.51. The lowest BCUT2D eigenvalue weighted by Crippen LogP contribution is -2.52. The highest BCUT2D eigenvalue weighted by Crippen LogP contribution is 2.39. The SMILES string of the molecule is COCCOCCOc1nn(C2CCC(N3[C@@H]4CC[C@H]3COC4)CC2)cc1Nc1ncc(-c2ccc(Cl)c(OC(C)Cn3cncn3)c2)cn1. The van der Waals surface area contributed by atoms with Crippen LogP contribution in [0.3, 0.4) is 0 Å². The fourth-order valence-electron chi connectivity index (χ4n) is 7.35. The summed E-state index contributed by atoms with van der Waals surface area (Å²) in [7, 11) is 1.66. The van der Waals surface area contributed by atoms with Crippen LogP contribution in [0.2, 0.25) is 5.02 Å². The van der Waals surface area contributed by atoms with Gasteiger partial charge >= 0.3 is 0 Å². The van der Waals surface area contributed by atoms with E-state index >= 15 is 0 Å². The van der Waals surface area contributed by atoms with E-state index in [0.29, 0.717) is 85.4 Å². The van der Waals surface area contributed by atoms with Gasteiger partial charge in [-0.1, -0.05) is 17.7 Å². The van der Waals surface area contributed by atoms with Crippen LogP contribution in [0, 0.1) is 0 Å². The van der Waals surface area contributed by atoms with Crippen molar-refractivity contribution in [2.75, 3.05) is 52.1 Å². The van der Waals surface area contributed by atoms with Gasteiger partial charge in [-0.05, 0) is 63.1 Å². The van der Waals surface area contributed by atoms with Crippen LogP contribution in [0.4, 0.5) is 11.6 Å². The molecule has 2 saturated heterocycles. The summed E-state index contributed by atoms with van der Waals surface area (Å²) in [6.07, 6.45) is 15.5. The van der Waals surface area contributed by atoms with Gasteiger partial charge in [0.1, 0.15) is 36.8 Å². The fourth-order valence-corrected chi connectivity index (χ4v) is 7.52. The molecule has 1 aliphatic carbocycles. The van der Waals surface area contributed by atoms with Gasteiger partial charge in [-0.2, -0.15) is 5.10 Å². The monoisotopic (exact) mass is 707 g/mol. The van der Waals surface area contributed by atoms with E-state index in [1.54, 1.807) is 30.5 Å². The number of hydrogen-bond donors (Lipinski definition) is 1. The second-order valence-corrected chi connectivity index (χ2v) is 13.6. The van der Waals surface area contributed by atoms with Crippen molar-refractivity contribution in [1.82, 2.24) is 39.4 Å². The zero-order valence-corrected chi connectivity index (χ0v) is 29.5. The highest BCUT2D eigenvalue weighted by Gasteiger charge is 2.42. The average molecular weight is 708 g/mol. The first-order valence-electron chi connectivity index (χ1n) is 17.6. The van der Waals surface area contributed by atoms with Crippen LogP contribution in [0.15, 0.2) is 49.4 Å². The number of fused-ring (bicyclic) bond motifs is 2. The Balaban J connectivity index is 1.01. The van der Waals surface area contributed by atoms with Crippen LogP contribution in [0.1, 0.15) is 51.5 Å². The molecule has 3 aliphatic rings. The summed E-state index contributed by atoms with van der Waals surface area (Å²) in [6, 6.07) is 7.73. The molecule has 0 radical (unpaired) electrons. The number of anilines is 2. The Hall–Kier alpha value is -3.82. The predicted octanol–water partition coefficient (Wildman–Crippen LogP) is 5.18. The Labute approximate surface area is 297 Å². The number of morpholine rings is 1. The minimum Gasteiger partial charge on any atom is -0.487 e. The molecule has 268 valence electrons. The van der Waals surface area contributed by atoms with Gasteiger partial charge in [0, 0.05) is 43.2 Å². The van der Waals surface area contributed by atoms with E-state index in [1.165, 1.54) is 19.2 Å². The number of nitrogens with one attached hydrogen (secondary N) is 1. The van der Waals surface area contributed by atoms with Crippen molar-refractivity contribution in [3.8, 4) is 22.8 Å². The number of nitrogens with zero attached hydrogens (tertiary/aromatic N) is 8. The molecule has 3 atom stereocenters. The molecule has 15 heteroatoms. The van der Waals surface area contributed by atoms with Crippen LogP contribution in [-0.2, 0) is 20.8 Å². The number of hydrogen-bond acceptors (Lipinski definition) is 12. The molecule has 3 aromatic heterocycles. The molecule has 2 bridgehead atoms. The molecule has 7 rings (SSSR count). The largest absolute Gasteiger partial charge is 0.487 e. The molecule has 0 amide bonds. The van der Waals surface area contributed by atoms with Crippen molar-refractivity contribution in [3.05, 3.63) is 54.5 Å². The van der Waals surface area contributed by atoms with Crippen LogP contribution >= 0.6 is 11.6 Å². The first-order valence-corrected chi connectivity index (χ1v) is 17.9. The van der Waals surface area contributed by atoms with Crippen molar-refractivity contribution in [1.29, 1.82) is 0 Å². The van der Waals surface area contributed by atoms with Gasteiger partial charge in [-0.25, -0.2) is 19.6 Å². The van der Waals surface area contributed by atoms with E-state index in [4.69, 9.17) is 40.4 Å². The summed E-state index contributed by atoms with van der Waals surface area (Å²) < 4.78 is 32.6. The van der Waals surface area contributed by atoms with Gasteiger partial charge < -0.3 is 29.0 Å². The maximum Gasteiger partial charge on any atom is 0.257 e. The zero-order chi connectivity index (χ0) is 34.3. The Morgan fingerprint density at radius 3 is 2.42 bits per heavy atom. The average Bonchev–Trinajstić information content (AvgIpc) is 3.85. The van der Waals surface area contributed by atoms with Gasteiger partial charge in [0.2, 0.25) is 5.95 Å². The van der Waals surface area contributed by atoms with Gasteiger partial charge in [0.05, 0.1) is 56.8 Å². The van der Waals surface area contributed by atoms with E-state index < -0.39 is 0 Å². The summed E-state index contributed by atoms with van der Waals surface area (Å²) in [5, 5.41) is 12.9. The fraction of sp³-hybridized carbons (Fsp3) is 0.571. The maximum atomic E-state index is 6.48. The Bertz CT molecular complexity index is 1630. The predicted molar refractivity (Wildman–Crippen MR) is 187 cm³/mol. The molecule has 4 aromatic rings. The first-order chi connectivity index (χ1) is 24.5. The standard InChI is InChI=1S/C35H46ClN9O5/c1-24(18-43-23-37-22-40-43)50-33-15-25(3-10-31(33)36)26-16-38-35(39-17-26)41-32-19-44(42-34(32)49-14-13-47-12-11-46-2)27-4-6-28(7-5-27)45-29-8-9-30(45)21-48-20-29/h3,10,15-17,19,22-24,27-30H,4-9,11-14,18,20-21H2,1-2H3,(H,38,39,41)/t24?,27?,28?,29-,30+. The van der Waals surface area contributed by atoms with Crippen molar-refractivity contribution in [2.24, 2.45) is 0 Å². The van der Waals surface area contributed by atoms with Gasteiger partial charge in [-0.15, -0.1) is 5.10 Å². The number of methoxy groups -OCH3 is 1. The van der Waals surface area contributed by atoms with E-state index in [9.17, 15) is 0 Å². The molecule has 1 unspecified atom stereocenters. The number of benzene rings is 1. The van der Waals surface area contributed by atoms with E-state index in [2.05, 4.69) is 34.9 Å². The second kappa shape index (κ2) is 16.5. The van der Waals surface area contributed by atoms with Crippen LogP contribution in [-0.4, -0.2) is 110 Å². The number of halogens is 1. The maximum absolute atomic E-state index is 6.48. The number of rotatable bonds is 16. The summed E-state index contributed by atoms with van der Waals surface area (Å²) >= 11 is 6.48. The van der Waals surface area contributed by atoms with Crippen molar-refractivity contribution < 1.29 is 23.7 Å². The molecule has 1 aromatic carbocycles. The highest BCUT2D eigenvalue weighted by atomic mass is 35.5. The van der Waals surface area contributed by atoms with E-state index in [-0.39, 0.29) is 6.10 Å². The van der Waals surface area contributed by atoms with Crippen molar-refractivity contribution in [2.45, 2.75) is 82.3 Å². The normalized spacial score (nSPS) is 22.8. The third-order valence-corrected chi connectivity index (χ3v) is 10.1. The van der Waals surface area contributed by atoms with Gasteiger partial charge in [0.25, 0.3) is 5.88 Å². The Morgan fingerprint density at radius 1 is 0.940 bits per heavy atom. The number of aromatic nitrogens is 7. The zero-order valence-electron chi connectivity index (χ0n) is 28.7. The third-order valence-electron chi connectivity index (χ3n) is 9.76. The summed E-state index contributed by atoms with van der Waals surface area (Å²) in [5.41, 5.74) is 2.42. The lowest BCUT2D eigenvalue weighted by molar-refractivity contribution is -0.0458. The Morgan fingerprint density at radius 2 is 1.68 bits per heavy atom. The summed E-state index contributed by atoms with van der Waals surface area (Å²) in [4.78, 5) is 16.0. The first kappa shape index (κ1) is 34.6. The Kier molecular flexibility index (Phi) is 11.4.